The second-order valence-electron chi connectivity index (χ2n) is 10.7. The molecule has 33 heavy (non-hydrogen) atoms. The molecule has 0 spiro atoms. The fraction of sp³-hybridized carbons (Fsp3) is 0.312. The van der Waals surface area contributed by atoms with Crippen molar-refractivity contribution in [2.75, 3.05) is 0 Å². The molecule has 2 atom stereocenters. The lowest BCUT2D eigenvalue weighted by Crippen LogP contribution is -2.06. The molecule has 5 rings (SSSR count). The van der Waals surface area contributed by atoms with Gasteiger partial charge in [0.15, 0.2) is 0 Å². The van der Waals surface area contributed by atoms with Crippen molar-refractivity contribution < 1.29 is 4.42 Å². The minimum absolute atomic E-state index is 0.206. The van der Waals surface area contributed by atoms with E-state index in [1.54, 1.807) is 0 Å². The number of furan rings is 1. The molecule has 2 aliphatic rings. The van der Waals surface area contributed by atoms with Crippen molar-refractivity contribution in [1.82, 2.24) is 0 Å². The summed E-state index contributed by atoms with van der Waals surface area (Å²) in [6, 6.07) is 21.7. The maximum absolute atomic E-state index is 6.14. The van der Waals surface area contributed by atoms with E-state index in [2.05, 4.69) is 107 Å². The number of rotatable bonds is 5. The average molecular weight is 435 g/mol. The monoisotopic (exact) mass is 434 g/mol. The van der Waals surface area contributed by atoms with Gasteiger partial charge in [-0.3, -0.25) is 0 Å². The molecule has 1 heteroatoms. The zero-order valence-corrected chi connectivity index (χ0v) is 20.5. The zero-order chi connectivity index (χ0) is 23.2. The van der Waals surface area contributed by atoms with Crippen LogP contribution in [0.25, 0.3) is 22.8 Å². The van der Waals surface area contributed by atoms with Gasteiger partial charge in [-0.1, -0.05) is 87.0 Å². The first-order valence-electron chi connectivity index (χ1n) is 12.2. The Morgan fingerprint density at radius 3 is 2.27 bits per heavy atom. The van der Waals surface area contributed by atoms with Crippen LogP contribution in [0.5, 0.6) is 0 Å². The molecule has 3 aromatic rings. The van der Waals surface area contributed by atoms with Crippen molar-refractivity contribution in [2.24, 2.45) is 11.3 Å². The van der Waals surface area contributed by atoms with Crippen LogP contribution in [-0.4, -0.2) is 0 Å². The Balaban J connectivity index is 1.50. The lowest BCUT2D eigenvalue weighted by atomic mass is 9.84. The molecule has 0 saturated heterocycles. The van der Waals surface area contributed by atoms with Crippen molar-refractivity contribution in [2.45, 2.75) is 53.4 Å². The minimum Gasteiger partial charge on any atom is -0.462 e. The molecule has 1 heterocycles. The third-order valence-electron chi connectivity index (χ3n) is 7.28. The molecule has 0 aliphatic heterocycles. The molecule has 2 aliphatic carbocycles. The Morgan fingerprint density at radius 2 is 1.61 bits per heavy atom. The van der Waals surface area contributed by atoms with Crippen LogP contribution >= 0.6 is 0 Å². The summed E-state index contributed by atoms with van der Waals surface area (Å²) in [6.07, 6.45) is 9.56. The molecule has 0 bridgehead atoms. The van der Waals surface area contributed by atoms with E-state index in [0.29, 0.717) is 11.8 Å². The molecule has 2 unspecified atom stereocenters. The molecule has 0 amide bonds. The second-order valence-corrected chi connectivity index (χ2v) is 10.7. The Hall–Kier alpha value is -3.06. The topological polar surface area (TPSA) is 13.1 Å². The van der Waals surface area contributed by atoms with Gasteiger partial charge in [-0.25, -0.2) is 0 Å². The molecular formula is C32H34O. The quantitative estimate of drug-likeness (QED) is 0.390. The zero-order valence-electron chi connectivity index (χ0n) is 20.5. The fourth-order valence-electron chi connectivity index (χ4n) is 5.36. The third kappa shape index (κ3) is 4.17. The summed E-state index contributed by atoms with van der Waals surface area (Å²) >= 11 is 0. The molecular weight excluding hydrogens is 400 g/mol. The van der Waals surface area contributed by atoms with Gasteiger partial charge in [0, 0.05) is 11.5 Å². The molecule has 168 valence electrons. The van der Waals surface area contributed by atoms with Crippen molar-refractivity contribution in [3.05, 3.63) is 107 Å². The molecule has 1 nitrogen and oxygen atoms in total. The number of allylic oxidation sites excluding steroid dienone is 5. The first-order chi connectivity index (χ1) is 15.8. The van der Waals surface area contributed by atoms with Crippen molar-refractivity contribution in [3.8, 4) is 11.1 Å². The van der Waals surface area contributed by atoms with E-state index < -0.39 is 0 Å². The van der Waals surface area contributed by atoms with Gasteiger partial charge in [-0.2, -0.15) is 0 Å². The standard InChI is InChI=1S/C32H34O/c1-21-18-25(32(3,4)5)19-24(21)15-16-28-27-13-9-12-26(23-10-7-6-8-11-23)29(27)20-30(28)31-17-14-22(2)33-31/h6-14,17-20,24,28H,15-16H2,1-5H3. The van der Waals surface area contributed by atoms with Gasteiger partial charge >= 0.3 is 0 Å². The highest BCUT2D eigenvalue weighted by Gasteiger charge is 2.31. The van der Waals surface area contributed by atoms with E-state index in [9.17, 15) is 0 Å². The summed E-state index contributed by atoms with van der Waals surface area (Å²) in [5, 5.41) is 0. The van der Waals surface area contributed by atoms with Crippen LogP contribution < -0.4 is 0 Å². The number of hydrogen-bond acceptors (Lipinski definition) is 1. The van der Waals surface area contributed by atoms with Crippen LogP contribution in [0.1, 0.15) is 69.1 Å². The predicted octanol–water partition coefficient (Wildman–Crippen LogP) is 9.22. The number of benzene rings is 2. The SMILES string of the molecule is CC1=CC(C(C)(C)C)=CC1CCC1C(c2ccc(C)o2)=Cc2c(-c3ccccc3)cccc21. The second kappa shape index (κ2) is 8.37. The first-order valence-corrected chi connectivity index (χ1v) is 12.2. The van der Waals surface area contributed by atoms with Crippen LogP contribution in [0.3, 0.4) is 0 Å². The smallest absolute Gasteiger partial charge is 0.130 e. The number of hydrogen-bond donors (Lipinski definition) is 0. The highest BCUT2D eigenvalue weighted by molar-refractivity contribution is 5.95. The summed E-state index contributed by atoms with van der Waals surface area (Å²) in [5.74, 6) is 2.86. The summed E-state index contributed by atoms with van der Waals surface area (Å²) < 4.78 is 6.14. The Labute approximate surface area is 198 Å². The van der Waals surface area contributed by atoms with Crippen molar-refractivity contribution in [3.63, 3.8) is 0 Å². The van der Waals surface area contributed by atoms with E-state index >= 15 is 0 Å². The number of aryl methyl sites for hydroxylation is 1. The summed E-state index contributed by atoms with van der Waals surface area (Å²) in [4.78, 5) is 0. The largest absolute Gasteiger partial charge is 0.462 e. The molecule has 1 aromatic heterocycles. The predicted molar refractivity (Wildman–Crippen MR) is 140 cm³/mol. The van der Waals surface area contributed by atoms with E-state index in [1.165, 1.54) is 39.0 Å². The van der Waals surface area contributed by atoms with Gasteiger partial charge in [0.1, 0.15) is 11.5 Å². The van der Waals surface area contributed by atoms with Crippen LogP contribution in [-0.2, 0) is 0 Å². The molecule has 0 fully saturated rings. The van der Waals surface area contributed by atoms with E-state index in [4.69, 9.17) is 4.42 Å². The van der Waals surface area contributed by atoms with Crippen LogP contribution in [0.4, 0.5) is 0 Å². The van der Waals surface area contributed by atoms with E-state index in [0.717, 1.165) is 24.4 Å². The summed E-state index contributed by atoms with van der Waals surface area (Å²) in [5.41, 5.74) is 9.86. The van der Waals surface area contributed by atoms with Gasteiger partial charge in [-0.15, -0.1) is 0 Å². The van der Waals surface area contributed by atoms with Gasteiger partial charge in [0.2, 0.25) is 0 Å². The van der Waals surface area contributed by atoms with Crippen molar-refractivity contribution in [1.29, 1.82) is 0 Å². The first kappa shape index (κ1) is 21.8. The molecule has 0 saturated carbocycles. The summed E-state index contributed by atoms with van der Waals surface area (Å²) in [7, 11) is 0. The Kier molecular flexibility index (Phi) is 5.52. The molecule has 0 radical (unpaired) electrons. The molecule has 2 aromatic carbocycles. The van der Waals surface area contributed by atoms with E-state index in [1.807, 2.05) is 6.92 Å². The minimum atomic E-state index is 0.206. The van der Waals surface area contributed by atoms with Crippen LogP contribution in [0.15, 0.2) is 88.4 Å². The highest BCUT2D eigenvalue weighted by Crippen LogP contribution is 2.49. The summed E-state index contributed by atoms with van der Waals surface area (Å²) in [6.45, 7) is 11.3. The van der Waals surface area contributed by atoms with Crippen LogP contribution in [0.2, 0.25) is 0 Å². The normalized spacial score (nSPS) is 19.8. The average Bonchev–Trinajstić information content (AvgIpc) is 3.49. The molecule has 0 N–H and O–H groups in total. The maximum atomic E-state index is 6.14. The highest BCUT2D eigenvalue weighted by atomic mass is 16.3. The van der Waals surface area contributed by atoms with Crippen molar-refractivity contribution >= 4 is 11.6 Å². The van der Waals surface area contributed by atoms with Gasteiger partial charge in [0.25, 0.3) is 0 Å². The van der Waals surface area contributed by atoms with E-state index in [-0.39, 0.29) is 5.41 Å². The lowest BCUT2D eigenvalue weighted by molar-refractivity contribution is 0.510. The fourth-order valence-corrected chi connectivity index (χ4v) is 5.36. The van der Waals surface area contributed by atoms with Gasteiger partial charge in [-0.05, 0) is 84.1 Å². The Bertz CT molecular complexity index is 1260. The third-order valence-corrected chi connectivity index (χ3v) is 7.28. The van der Waals surface area contributed by atoms with Gasteiger partial charge < -0.3 is 4.42 Å². The Morgan fingerprint density at radius 1 is 0.818 bits per heavy atom. The lowest BCUT2D eigenvalue weighted by Gasteiger charge is -2.20. The van der Waals surface area contributed by atoms with Crippen LogP contribution in [0, 0.1) is 18.3 Å². The van der Waals surface area contributed by atoms with Gasteiger partial charge in [0.05, 0.1) is 0 Å². The number of fused-ring (bicyclic) bond motifs is 1. The maximum Gasteiger partial charge on any atom is 0.130 e.